The summed E-state index contributed by atoms with van der Waals surface area (Å²) in [6.07, 6.45) is 10.1. The van der Waals surface area contributed by atoms with Gasteiger partial charge < -0.3 is 9.40 Å². The molecule has 1 fully saturated rings. The van der Waals surface area contributed by atoms with Crippen molar-refractivity contribution in [3.63, 3.8) is 0 Å². The lowest BCUT2D eigenvalue weighted by atomic mass is 9.88. The Morgan fingerprint density at radius 1 is 1.30 bits per heavy atom. The number of hydrogen-bond donors (Lipinski definition) is 1. The third-order valence-corrected chi connectivity index (χ3v) is 5.02. The Bertz CT molecular complexity index is 717. The summed E-state index contributed by atoms with van der Waals surface area (Å²) < 4.78 is 5.30. The van der Waals surface area contributed by atoms with E-state index in [1.54, 1.807) is 6.20 Å². The zero-order valence-electron chi connectivity index (χ0n) is 13.3. The SMILES string of the molecule is O=c1[nH]c(C2CCCCC2)nc2c1CN(Cc1cnco1)CC2. The van der Waals surface area contributed by atoms with Crippen molar-refractivity contribution in [1.29, 1.82) is 0 Å². The van der Waals surface area contributed by atoms with Crippen LogP contribution in [0, 0.1) is 0 Å². The number of hydrogen-bond acceptors (Lipinski definition) is 5. The van der Waals surface area contributed by atoms with Gasteiger partial charge in [0.1, 0.15) is 11.6 Å². The molecule has 1 N–H and O–H groups in total. The summed E-state index contributed by atoms with van der Waals surface area (Å²) in [5.74, 6) is 2.18. The smallest absolute Gasteiger partial charge is 0.255 e. The maximum atomic E-state index is 12.5. The first-order chi connectivity index (χ1) is 11.3. The normalized spacial score (nSPS) is 19.7. The van der Waals surface area contributed by atoms with Crippen molar-refractivity contribution < 1.29 is 4.42 Å². The van der Waals surface area contributed by atoms with Crippen LogP contribution in [0.3, 0.4) is 0 Å². The first kappa shape index (κ1) is 14.6. The Labute approximate surface area is 135 Å². The maximum Gasteiger partial charge on any atom is 0.255 e. The minimum Gasteiger partial charge on any atom is -0.447 e. The highest BCUT2D eigenvalue weighted by Crippen LogP contribution is 2.30. The molecule has 4 rings (SSSR count). The molecule has 0 unspecified atom stereocenters. The molecule has 0 spiro atoms. The van der Waals surface area contributed by atoms with E-state index in [-0.39, 0.29) is 5.56 Å². The molecule has 1 saturated carbocycles. The van der Waals surface area contributed by atoms with Crippen LogP contribution < -0.4 is 5.56 Å². The summed E-state index contributed by atoms with van der Waals surface area (Å²) in [4.78, 5) is 26.5. The fraction of sp³-hybridized carbons (Fsp3) is 0.588. The third kappa shape index (κ3) is 3.08. The van der Waals surface area contributed by atoms with Gasteiger partial charge in [-0.1, -0.05) is 19.3 Å². The molecule has 2 aromatic heterocycles. The van der Waals surface area contributed by atoms with E-state index in [1.807, 2.05) is 0 Å². The molecule has 1 aliphatic carbocycles. The van der Waals surface area contributed by atoms with Crippen molar-refractivity contribution in [2.75, 3.05) is 6.54 Å². The minimum absolute atomic E-state index is 0.0397. The van der Waals surface area contributed by atoms with Crippen LogP contribution in [0.1, 0.15) is 60.9 Å². The van der Waals surface area contributed by atoms with E-state index in [0.717, 1.165) is 48.6 Å². The first-order valence-electron chi connectivity index (χ1n) is 8.51. The highest BCUT2D eigenvalue weighted by Gasteiger charge is 2.24. The summed E-state index contributed by atoms with van der Waals surface area (Å²) in [7, 11) is 0. The van der Waals surface area contributed by atoms with Crippen LogP contribution in [-0.2, 0) is 19.5 Å². The molecule has 0 radical (unpaired) electrons. The summed E-state index contributed by atoms with van der Waals surface area (Å²) in [6.45, 7) is 2.21. The van der Waals surface area contributed by atoms with Crippen molar-refractivity contribution in [3.05, 3.63) is 45.8 Å². The zero-order valence-corrected chi connectivity index (χ0v) is 13.3. The molecule has 0 aromatic carbocycles. The standard InChI is InChI=1S/C17H22N4O2/c22-17-14-10-21(9-13-8-18-11-23-13)7-6-15(14)19-16(20-17)12-4-2-1-3-5-12/h8,11-12H,1-7,9-10H2,(H,19,20,22). The predicted molar refractivity (Wildman–Crippen MR) is 85.0 cm³/mol. The molecule has 23 heavy (non-hydrogen) atoms. The van der Waals surface area contributed by atoms with Crippen LogP contribution in [0.25, 0.3) is 0 Å². The number of H-pyrrole nitrogens is 1. The van der Waals surface area contributed by atoms with E-state index < -0.39 is 0 Å². The first-order valence-corrected chi connectivity index (χ1v) is 8.51. The molecule has 0 saturated heterocycles. The van der Waals surface area contributed by atoms with Crippen LogP contribution in [0.4, 0.5) is 0 Å². The van der Waals surface area contributed by atoms with Gasteiger partial charge in [0.25, 0.3) is 5.56 Å². The third-order valence-electron chi connectivity index (χ3n) is 5.02. The molecule has 2 aliphatic rings. The van der Waals surface area contributed by atoms with E-state index >= 15 is 0 Å². The Morgan fingerprint density at radius 3 is 2.96 bits per heavy atom. The fourth-order valence-electron chi connectivity index (χ4n) is 3.75. The molecule has 1 aliphatic heterocycles. The second kappa shape index (κ2) is 6.28. The number of rotatable bonds is 3. The van der Waals surface area contributed by atoms with Crippen LogP contribution in [0.5, 0.6) is 0 Å². The average molecular weight is 314 g/mol. The van der Waals surface area contributed by atoms with Gasteiger partial charge in [-0.25, -0.2) is 9.97 Å². The van der Waals surface area contributed by atoms with E-state index in [0.29, 0.717) is 19.0 Å². The van der Waals surface area contributed by atoms with Gasteiger partial charge in [0.2, 0.25) is 0 Å². The Balaban J connectivity index is 1.54. The van der Waals surface area contributed by atoms with Gasteiger partial charge in [-0.15, -0.1) is 0 Å². The summed E-state index contributed by atoms with van der Waals surface area (Å²) in [5.41, 5.74) is 1.84. The highest BCUT2D eigenvalue weighted by molar-refractivity contribution is 5.22. The van der Waals surface area contributed by atoms with Crippen LogP contribution in [0.15, 0.2) is 21.8 Å². The second-order valence-electron chi connectivity index (χ2n) is 6.64. The average Bonchev–Trinajstić information content (AvgIpc) is 3.09. The fourth-order valence-corrected chi connectivity index (χ4v) is 3.75. The van der Waals surface area contributed by atoms with Crippen LogP contribution in [-0.4, -0.2) is 26.4 Å². The quantitative estimate of drug-likeness (QED) is 0.941. The molecule has 122 valence electrons. The highest BCUT2D eigenvalue weighted by atomic mass is 16.3. The Morgan fingerprint density at radius 2 is 2.17 bits per heavy atom. The molecule has 0 bridgehead atoms. The number of aromatic amines is 1. The molecule has 6 heteroatoms. The van der Waals surface area contributed by atoms with E-state index in [9.17, 15) is 4.79 Å². The maximum absolute atomic E-state index is 12.5. The molecule has 3 heterocycles. The second-order valence-corrected chi connectivity index (χ2v) is 6.64. The van der Waals surface area contributed by atoms with Gasteiger partial charge in [-0.05, 0) is 12.8 Å². The monoisotopic (exact) mass is 314 g/mol. The number of aromatic nitrogens is 3. The van der Waals surface area contributed by atoms with Crippen molar-refractivity contribution >= 4 is 0 Å². The van der Waals surface area contributed by atoms with E-state index in [4.69, 9.17) is 9.40 Å². The van der Waals surface area contributed by atoms with Crippen molar-refractivity contribution in [3.8, 4) is 0 Å². The van der Waals surface area contributed by atoms with Gasteiger partial charge in [-0.3, -0.25) is 9.69 Å². The van der Waals surface area contributed by atoms with Crippen LogP contribution in [0.2, 0.25) is 0 Å². The van der Waals surface area contributed by atoms with Gasteiger partial charge in [-0.2, -0.15) is 0 Å². The van der Waals surface area contributed by atoms with Crippen molar-refractivity contribution in [2.24, 2.45) is 0 Å². The molecule has 0 atom stereocenters. The number of nitrogens with one attached hydrogen (secondary N) is 1. The molecule has 6 nitrogen and oxygen atoms in total. The van der Waals surface area contributed by atoms with Gasteiger partial charge in [0.15, 0.2) is 6.39 Å². The lowest BCUT2D eigenvalue weighted by molar-refractivity contribution is 0.222. The molecule has 0 amide bonds. The van der Waals surface area contributed by atoms with Gasteiger partial charge in [0.05, 0.1) is 24.0 Å². The molecular weight excluding hydrogens is 292 g/mol. The van der Waals surface area contributed by atoms with E-state index in [1.165, 1.54) is 25.7 Å². The van der Waals surface area contributed by atoms with E-state index in [2.05, 4.69) is 14.9 Å². The largest absolute Gasteiger partial charge is 0.447 e. The summed E-state index contributed by atoms with van der Waals surface area (Å²) >= 11 is 0. The van der Waals surface area contributed by atoms with Gasteiger partial charge >= 0.3 is 0 Å². The number of fused-ring (bicyclic) bond motifs is 1. The lowest BCUT2D eigenvalue weighted by Gasteiger charge is -2.28. The summed E-state index contributed by atoms with van der Waals surface area (Å²) in [5, 5.41) is 0. The zero-order chi connectivity index (χ0) is 15.6. The Kier molecular flexibility index (Phi) is 3.99. The van der Waals surface area contributed by atoms with Crippen molar-refractivity contribution in [1.82, 2.24) is 19.9 Å². The molecular formula is C17H22N4O2. The topological polar surface area (TPSA) is 75.0 Å². The van der Waals surface area contributed by atoms with Crippen molar-refractivity contribution in [2.45, 2.75) is 57.5 Å². The molecule has 2 aromatic rings. The lowest BCUT2D eigenvalue weighted by Crippen LogP contribution is -2.36. The minimum atomic E-state index is 0.0397. The summed E-state index contributed by atoms with van der Waals surface area (Å²) in [6, 6.07) is 0. The van der Waals surface area contributed by atoms with Gasteiger partial charge in [0, 0.05) is 25.4 Å². The number of nitrogens with zero attached hydrogens (tertiary/aromatic N) is 3. The van der Waals surface area contributed by atoms with Crippen LogP contribution >= 0.6 is 0 Å². The predicted octanol–water partition coefficient (Wildman–Crippen LogP) is 2.36. The Hall–Kier alpha value is -1.95. The number of oxazole rings is 1.